The zero-order valence-corrected chi connectivity index (χ0v) is 21.1. The predicted octanol–water partition coefficient (Wildman–Crippen LogP) is 5.66. The third-order valence-electron chi connectivity index (χ3n) is 5.25. The summed E-state index contributed by atoms with van der Waals surface area (Å²) in [6.45, 7) is 2.34. The molecule has 0 aromatic heterocycles. The van der Waals surface area contributed by atoms with E-state index >= 15 is 0 Å². The minimum absolute atomic E-state index is 0.212. The standard InChI is InChI=1S/C26H20BrClN2O5/c1-15-4-3-5-16(10-15)14-35-23-13-21(27)17(12-22(23)34-2)11-20-24(31)29-26(33)30(25(20)32)19-8-6-18(28)7-9-19/h3-13H,14H2,1-2H3,(H,29,31,33)/b20-11+. The molecule has 178 valence electrons. The Morgan fingerprint density at radius 1 is 1.03 bits per heavy atom. The monoisotopic (exact) mass is 554 g/mol. The summed E-state index contributed by atoms with van der Waals surface area (Å²) >= 11 is 9.39. The van der Waals surface area contributed by atoms with E-state index in [1.807, 2.05) is 31.2 Å². The number of barbiturate groups is 1. The number of nitrogens with one attached hydrogen (secondary N) is 1. The summed E-state index contributed by atoms with van der Waals surface area (Å²) < 4.78 is 12.0. The average molecular weight is 556 g/mol. The number of urea groups is 1. The van der Waals surface area contributed by atoms with E-state index in [0.717, 1.165) is 16.0 Å². The van der Waals surface area contributed by atoms with Crippen LogP contribution in [0.2, 0.25) is 5.02 Å². The molecular weight excluding hydrogens is 536 g/mol. The molecule has 1 saturated heterocycles. The normalized spacial score (nSPS) is 14.8. The zero-order chi connectivity index (χ0) is 25.1. The number of ether oxygens (including phenoxy) is 2. The zero-order valence-electron chi connectivity index (χ0n) is 18.8. The van der Waals surface area contributed by atoms with Gasteiger partial charge in [0, 0.05) is 9.50 Å². The van der Waals surface area contributed by atoms with Crippen LogP contribution in [0.1, 0.15) is 16.7 Å². The number of benzene rings is 3. The lowest BCUT2D eigenvalue weighted by atomic mass is 10.1. The maximum Gasteiger partial charge on any atom is 0.335 e. The minimum atomic E-state index is -0.837. The second-order valence-electron chi connectivity index (χ2n) is 7.74. The van der Waals surface area contributed by atoms with Gasteiger partial charge in [0.25, 0.3) is 11.8 Å². The fourth-order valence-electron chi connectivity index (χ4n) is 3.53. The van der Waals surface area contributed by atoms with Gasteiger partial charge in [-0.3, -0.25) is 14.9 Å². The van der Waals surface area contributed by atoms with Gasteiger partial charge in [-0.1, -0.05) is 57.4 Å². The predicted molar refractivity (Wildman–Crippen MR) is 137 cm³/mol. The molecule has 35 heavy (non-hydrogen) atoms. The lowest BCUT2D eigenvalue weighted by Crippen LogP contribution is -2.54. The molecule has 4 rings (SSSR count). The second kappa shape index (κ2) is 10.3. The number of amides is 4. The van der Waals surface area contributed by atoms with E-state index < -0.39 is 17.8 Å². The van der Waals surface area contributed by atoms with Gasteiger partial charge in [-0.05, 0) is 60.5 Å². The van der Waals surface area contributed by atoms with Gasteiger partial charge in [-0.2, -0.15) is 0 Å². The number of methoxy groups -OCH3 is 1. The second-order valence-corrected chi connectivity index (χ2v) is 9.03. The van der Waals surface area contributed by atoms with Crippen molar-refractivity contribution in [2.45, 2.75) is 13.5 Å². The minimum Gasteiger partial charge on any atom is -0.493 e. The Labute approximate surface area is 215 Å². The van der Waals surface area contributed by atoms with Gasteiger partial charge in [-0.15, -0.1) is 0 Å². The Kier molecular flexibility index (Phi) is 7.23. The third kappa shape index (κ3) is 5.39. The van der Waals surface area contributed by atoms with Crippen LogP contribution in [-0.2, 0) is 16.2 Å². The van der Waals surface area contributed by atoms with Crippen molar-refractivity contribution in [2.24, 2.45) is 0 Å². The number of hydrogen-bond donors (Lipinski definition) is 1. The van der Waals surface area contributed by atoms with Crippen molar-refractivity contribution < 1.29 is 23.9 Å². The average Bonchev–Trinajstić information content (AvgIpc) is 2.82. The molecule has 0 bridgehead atoms. The van der Waals surface area contributed by atoms with Gasteiger partial charge in [-0.25, -0.2) is 9.69 Å². The topological polar surface area (TPSA) is 84.9 Å². The van der Waals surface area contributed by atoms with Crippen molar-refractivity contribution in [2.75, 3.05) is 12.0 Å². The first-order valence-electron chi connectivity index (χ1n) is 10.5. The molecule has 0 unspecified atom stereocenters. The number of hydrogen-bond acceptors (Lipinski definition) is 5. The Morgan fingerprint density at radius 3 is 2.46 bits per heavy atom. The van der Waals surface area contributed by atoms with Crippen LogP contribution in [0.4, 0.5) is 10.5 Å². The molecule has 1 fully saturated rings. The highest BCUT2D eigenvalue weighted by atomic mass is 79.9. The van der Waals surface area contributed by atoms with Crippen LogP contribution >= 0.6 is 27.5 Å². The van der Waals surface area contributed by atoms with Crippen molar-refractivity contribution in [1.29, 1.82) is 0 Å². The van der Waals surface area contributed by atoms with E-state index in [0.29, 0.717) is 33.2 Å². The lowest BCUT2D eigenvalue weighted by molar-refractivity contribution is -0.122. The van der Waals surface area contributed by atoms with E-state index in [1.165, 1.54) is 25.3 Å². The number of carbonyl (C=O) groups excluding carboxylic acids is 3. The molecule has 7 nitrogen and oxygen atoms in total. The van der Waals surface area contributed by atoms with Crippen molar-refractivity contribution >= 4 is 57.1 Å². The van der Waals surface area contributed by atoms with E-state index in [4.69, 9.17) is 21.1 Å². The summed E-state index contributed by atoms with van der Waals surface area (Å²) in [7, 11) is 1.50. The lowest BCUT2D eigenvalue weighted by Gasteiger charge is -2.26. The Hall–Kier alpha value is -3.62. The van der Waals surface area contributed by atoms with Crippen LogP contribution in [0.3, 0.4) is 0 Å². The highest BCUT2D eigenvalue weighted by Gasteiger charge is 2.37. The maximum atomic E-state index is 13.1. The van der Waals surface area contributed by atoms with Gasteiger partial charge in [0.1, 0.15) is 12.2 Å². The first-order chi connectivity index (χ1) is 16.8. The molecule has 3 aromatic carbocycles. The molecule has 0 saturated carbocycles. The number of carbonyl (C=O) groups is 3. The molecule has 0 spiro atoms. The van der Waals surface area contributed by atoms with Gasteiger partial charge >= 0.3 is 6.03 Å². The fraction of sp³-hybridized carbons (Fsp3) is 0.115. The van der Waals surface area contributed by atoms with E-state index in [9.17, 15) is 14.4 Å². The maximum absolute atomic E-state index is 13.1. The van der Waals surface area contributed by atoms with E-state index in [-0.39, 0.29) is 11.3 Å². The van der Waals surface area contributed by atoms with Crippen LogP contribution < -0.4 is 19.7 Å². The number of rotatable bonds is 6. The van der Waals surface area contributed by atoms with Gasteiger partial charge in [0.05, 0.1) is 12.8 Å². The number of halogens is 2. The number of aryl methyl sites for hydroxylation is 1. The van der Waals surface area contributed by atoms with Crippen LogP contribution in [0.25, 0.3) is 6.08 Å². The van der Waals surface area contributed by atoms with Crippen molar-refractivity contribution in [3.05, 3.63) is 92.4 Å². The third-order valence-corrected chi connectivity index (χ3v) is 6.18. The Balaban J connectivity index is 1.64. The fourth-order valence-corrected chi connectivity index (χ4v) is 4.10. The van der Waals surface area contributed by atoms with Gasteiger partial charge < -0.3 is 9.47 Å². The highest BCUT2D eigenvalue weighted by molar-refractivity contribution is 9.10. The molecule has 1 aliphatic heterocycles. The molecule has 0 atom stereocenters. The molecule has 1 heterocycles. The quantitative estimate of drug-likeness (QED) is 0.313. The van der Waals surface area contributed by atoms with Crippen molar-refractivity contribution in [3.8, 4) is 11.5 Å². The molecule has 3 aromatic rings. The summed E-state index contributed by atoms with van der Waals surface area (Å²) in [6.07, 6.45) is 1.39. The molecule has 1 aliphatic rings. The summed E-state index contributed by atoms with van der Waals surface area (Å²) in [4.78, 5) is 38.9. The number of nitrogens with zero attached hydrogens (tertiary/aromatic N) is 1. The molecular formula is C26H20BrClN2O5. The van der Waals surface area contributed by atoms with E-state index in [2.05, 4.69) is 21.2 Å². The summed E-state index contributed by atoms with van der Waals surface area (Å²) in [5, 5.41) is 2.65. The molecule has 0 aliphatic carbocycles. The van der Waals surface area contributed by atoms with Crippen LogP contribution in [-0.4, -0.2) is 25.0 Å². The van der Waals surface area contributed by atoms with Crippen molar-refractivity contribution in [3.63, 3.8) is 0 Å². The van der Waals surface area contributed by atoms with Crippen molar-refractivity contribution in [1.82, 2.24) is 5.32 Å². The SMILES string of the molecule is COc1cc(/C=C2\C(=O)NC(=O)N(c3ccc(Cl)cc3)C2=O)c(Br)cc1OCc1cccc(C)c1. The molecule has 0 radical (unpaired) electrons. The van der Waals surface area contributed by atoms with Crippen LogP contribution in [0.5, 0.6) is 11.5 Å². The van der Waals surface area contributed by atoms with Crippen LogP contribution in [0.15, 0.2) is 70.7 Å². The number of anilines is 1. The molecule has 9 heteroatoms. The van der Waals surface area contributed by atoms with Crippen LogP contribution in [0, 0.1) is 6.92 Å². The first-order valence-corrected chi connectivity index (χ1v) is 11.7. The smallest absolute Gasteiger partial charge is 0.335 e. The molecule has 4 amide bonds. The Bertz CT molecular complexity index is 1350. The molecule has 1 N–H and O–H groups in total. The summed E-state index contributed by atoms with van der Waals surface area (Å²) in [5.41, 5.74) is 2.70. The Morgan fingerprint density at radius 2 is 1.77 bits per heavy atom. The highest BCUT2D eigenvalue weighted by Crippen LogP contribution is 2.36. The number of imide groups is 2. The van der Waals surface area contributed by atoms with Gasteiger partial charge in [0.15, 0.2) is 11.5 Å². The van der Waals surface area contributed by atoms with Gasteiger partial charge in [0.2, 0.25) is 0 Å². The summed E-state index contributed by atoms with van der Waals surface area (Å²) in [5.74, 6) is -0.648. The first kappa shape index (κ1) is 24.5. The largest absolute Gasteiger partial charge is 0.493 e. The van der Waals surface area contributed by atoms with E-state index in [1.54, 1.807) is 24.3 Å². The summed E-state index contributed by atoms with van der Waals surface area (Å²) in [6, 6.07) is 16.6.